The van der Waals surface area contributed by atoms with E-state index in [1.165, 1.54) is 0 Å². The topological polar surface area (TPSA) is 72.5 Å². The van der Waals surface area contributed by atoms with Crippen LogP contribution in [-0.4, -0.2) is 35.2 Å². The van der Waals surface area contributed by atoms with Crippen molar-refractivity contribution in [3.05, 3.63) is 29.2 Å². The van der Waals surface area contributed by atoms with Gasteiger partial charge in [-0.2, -0.15) is 18.2 Å². The van der Waals surface area contributed by atoms with E-state index in [0.29, 0.717) is 36.3 Å². The van der Waals surface area contributed by atoms with Crippen molar-refractivity contribution in [2.75, 3.05) is 13.2 Å². The molecule has 1 aromatic heterocycles. The molecule has 0 spiro atoms. The SMILES string of the molecule is Cc1cc(-c2noc(C(F)(F)F)n2)cc(C)c1OCCC1=NCC(C(C)C)N1. The van der Waals surface area contributed by atoms with Crippen LogP contribution in [0.5, 0.6) is 5.75 Å². The lowest BCUT2D eigenvalue weighted by Gasteiger charge is -2.16. The number of aryl methyl sites for hydroxylation is 2. The number of ether oxygens (including phenoxy) is 1. The first-order valence-corrected chi connectivity index (χ1v) is 9.10. The zero-order chi connectivity index (χ0) is 20.5. The Morgan fingerprint density at radius 1 is 1.25 bits per heavy atom. The van der Waals surface area contributed by atoms with E-state index in [0.717, 1.165) is 23.5 Å². The van der Waals surface area contributed by atoms with Gasteiger partial charge in [-0.1, -0.05) is 19.0 Å². The first kappa shape index (κ1) is 20.2. The normalized spacial score (nSPS) is 17.0. The average Bonchev–Trinajstić information content (AvgIpc) is 3.26. The Morgan fingerprint density at radius 3 is 2.46 bits per heavy atom. The van der Waals surface area contributed by atoms with E-state index in [1.807, 2.05) is 13.8 Å². The molecule has 1 unspecified atom stereocenters. The number of nitrogens with one attached hydrogen (secondary N) is 1. The van der Waals surface area contributed by atoms with Gasteiger partial charge in [-0.15, -0.1) is 0 Å². The monoisotopic (exact) mass is 396 g/mol. The maximum Gasteiger partial charge on any atom is 0.471 e. The highest BCUT2D eigenvalue weighted by molar-refractivity contribution is 5.84. The van der Waals surface area contributed by atoms with E-state index in [9.17, 15) is 13.2 Å². The summed E-state index contributed by atoms with van der Waals surface area (Å²) in [7, 11) is 0. The highest BCUT2D eigenvalue weighted by atomic mass is 19.4. The minimum absolute atomic E-state index is 0.102. The van der Waals surface area contributed by atoms with Crippen LogP contribution in [0.3, 0.4) is 0 Å². The van der Waals surface area contributed by atoms with Gasteiger partial charge in [0.1, 0.15) is 11.6 Å². The van der Waals surface area contributed by atoms with Crippen molar-refractivity contribution in [3.63, 3.8) is 0 Å². The molecule has 9 heteroatoms. The number of halogens is 3. The summed E-state index contributed by atoms with van der Waals surface area (Å²) in [5, 5.41) is 6.83. The van der Waals surface area contributed by atoms with Gasteiger partial charge in [0.15, 0.2) is 0 Å². The summed E-state index contributed by atoms with van der Waals surface area (Å²) in [6.07, 6.45) is -3.99. The summed E-state index contributed by atoms with van der Waals surface area (Å²) < 4.78 is 48.1. The molecule has 1 aromatic carbocycles. The number of aromatic nitrogens is 2. The van der Waals surface area contributed by atoms with Gasteiger partial charge in [-0.25, -0.2) is 0 Å². The van der Waals surface area contributed by atoms with Crippen LogP contribution in [0.2, 0.25) is 0 Å². The number of amidine groups is 1. The molecule has 3 rings (SSSR count). The number of nitrogens with zero attached hydrogens (tertiary/aromatic N) is 3. The molecule has 28 heavy (non-hydrogen) atoms. The summed E-state index contributed by atoms with van der Waals surface area (Å²) in [5.74, 6) is 0.693. The van der Waals surface area contributed by atoms with Crippen molar-refractivity contribution in [1.82, 2.24) is 15.5 Å². The quantitative estimate of drug-likeness (QED) is 0.794. The van der Waals surface area contributed by atoms with Gasteiger partial charge in [0, 0.05) is 18.0 Å². The van der Waals surface area contributed by atoms with E-state index in [4.69, 9.17) is 4.74 Å². The predicted molar refractivity (Wildman–Crippen MR) is 98.4 cm³/mol. The van der Waals surface area contributed by atoms with Crippen molar-refractivity contribution < 1.29 is 22.4 Å². The van der Waals surface area contributed by atoms with Crippen LogP contribution in [0, 0.1) is 19.8 Å². The summed E-state index contributed by atoms with van der Waals surface area (Å²) in [6.45, 7) is 9.21. The molecule has 2 heterocycles. The Balaban J connectivity index is 1.65. The third-order valence-corrected chi connectivity index (χ3v) is 4.61. The van der Waals surface area contributed by atoms with Crippen molar-refractivity contribution in [2.24, 2.45) is 10.9 Å². The fourth-order valence-electron chi connectivity index (χ4n) is 3.06. The molecular formula is C19H23F3N4O2. The molecule has 0 saturated carbocycles. The Bertz CT molecular complexity index is 851. The van der Waals surface area contributed by atoms with Gasteiger partial charge in [-0.05, 0) is 43.0 Å². The smallest absolute Gasteiger partial charge is 0.471 e. The lowest BCUT2D eigenvalue weighted by Crippen LogP contribution is -2.34. The third-order valence-electron chi connectivity index (χ3n) is 4.61. The number of rotatable bonds is 6. The van der Waals surface area contributed by atoms with Gasteiger partial charge in [0.2, 0.25) is 5.82 Å². The number of aliphatic imine (C=N–C) groups is 1. The summed E-state index contributed by atoms with van der Waals surface area (Å²) in [5.41, 5.74) is 2.02. The van der Waals surface area contributed by atoms with Gasteiger partial charge >= 0.3 is 12.1 Å². The number of alkyl halides is 3. The molecule has 152 valence electrons. The summed E-state index contributed by atoms with van der Waals surface area (Å²) in [4.78, 5) is 7.93. The van der Waals surface area contributed by atoms with Gasteiger partial charge < -0.3 is 14.6 Å². The van der Waals surface area contributed by atoms with E-state index in [1.54, 1.807) is 12.1 Å². The van der Waals surface area contributed by atoms with Crippen molar-refractivity contribution >= 4 is 5.84 Å². The van der Waals surface area contributed by atoms with Gasteiger partial charge in [0.25, 0.3) is 0 Å². The predicted octanol–water partition coefficient (Wildman–Crippen LogP) is 4.17. The summed E-state index contributed by atoms with van der Waals surface area (Å²) in [6, 6.07) is 3.75. The molecule has 0 fully saturated rings. The van der Waals surface area contributed by atoms with Crippen molar-refractivity contribution in [2.45, 2.75) is 46.3 Å². The molecule has 0 aliphatic carbocycles. The maximum absolute atomic E-state index is 12.6. The number of benzene rings is 1. The number of hydrogen-bond acceptors (Lipinski definition) is 6. The minimum atomic E-state index is -4.66. The van der Waals surface area contributed by atoms with Crippen LogP contribution in [0.4, 0.5) is 13.2 Å². The van der Waals surface area contributed by atoms with Crippen LogP contribution < -0.4 is 10.1 Å². The molecule has 0 saturated heterocycles. The third kappa shape index (κ3) is 4.45. The van der Waals surface area contributed by atoms with Gasteiger partial charge in [-0.3, -0.25) is 4.99 Å². The van der Waals surface area contributed by atoms with Crippen LogP contribution >= 0.6 is 0 Å². The summed E-state index contributed by atoms with van der Waals surface area (Å²) >= 11 is 0. The molecule has 2 aromatic rings. The zero-order valence-electron chi connectivity index (χ0n) is 16.2. The molecule has 1 aliphatic heterocycles. The molecular weight excluding hydrogens is 373 g/mol. The molecule has 1 aliphatic rings. The molecule has 1 atom stereocenters. The standard InChI is InChI=1S/C19H23F3N4O2/c1-10(2)14-9-23-15(24-14)5-6-27-16-11(3)7-13(8-12(16)4)17-25-18(28-26-17)19(20,21)22/h7-8,10,14H,5-6,9H2,1-4H3,(H,23,24). The molecule has 0 amide bonds. The second-order valence-corrected chi connectivity index (χ2v) is 7.24. The maximum atomic E-state index is 12.6. The van der Waals surface area contributed by atoms with Crippen LogP contribution in [-0.2, 0) is 6.18 Å². The van der Waals surface area contributed by atoms with E-state index in [-0.39, 0.29) is 5.82 Å². The average molecular weight is 396 g/mol. The van der Waals surface area contributed by atoms with Crippen LogP contribution in [0.15, 0.2) is 21.6 Å². The number of hydrogen-bond donors (Lipinski definition) is 1. The highest BCUT2D eigenvalue weighted by Crippen LogP contribution is 2.32. The fraction of sp³-hybridized carbons (Fsp3) is 0.526. The Hall–Kier alpha value is -2.58. The largest absolute Gasteiger partial charge is 0.493 e. The lowest BCUT2D eigenvalue weighted by atomic mass is 10.1. The van der Waals surface area contributed by atoms with Crippen LogP contribution in [0.25, 0.3) is 11.4 Å². The van der Waals surface area contributed by atoms with E-state index < -0.39 is 12.1 Å². The minimum Gasteiger partial charge on any atom is -0.493 e. The Labute approximate surface area is 161 Å². The molecule has 0 bridgehead atoms. The van der Waals surface area contributed by atoms with Crippen LogP contribution in [0.1, 0.15) is 37.3 Å². The fourth-order valence-corrected chi connectivity index (χ4v) is 3.06. The second-order valence-electron chi connectivity index (χ2n) is 7.24. The molecule has 0 radical (unpaired) electrons. The Morgan fingerprint density at radius 2 is 1.93 bits per heavy atom. The van der Waals surface area contributed by atoms with Crippen molar-refractivity contribution in [3.8, 4) is 17.1 Å². The first-order chi connectivity index (χ1) is 13.1. The molecule has 1 N–H and O–H groups in total. The van der Waals surface area contributed by atoms with E-state index >= 15 is 0 Å². The van der Waals surface area contributed by atoms with Crippen molar-refractivity contribution in [1.29, 1.82) is 0 Å². The lowest BCUT2D eigenvalue weighted by molar-refractivity contribution is -0.159. The second kappa shape index (κ2) is 7.81. The molecule has 6 nitrogen and oxygen atoms in total. The van der Waals surface area contributed by atoms with Gasteiger partial charge in [0.05, 0.1) is 13.2 Å². The van der Waals surface area contributed by atoms with E-state index in [2.05, 4.69) is 38.8 Å². The highest BCUT2D eigenvalue weighted by Gasteiger charge is 2.38. The first-order valence-electron chi connectivity index (χ1n) is 9.10. The zero-order valence-corrected chi connectivity index (χ0v) is 16.2. The Kier molecular flexibility index (Phi) is 5.62.